The standard InChI is InChI=1S/C17H26N2O3/c1-21-14-8-9-15(16(12-14)22-2)19-17(20)10-11-18-13-6-4-3-5-7-13/h8-9,12-13,18H,3-7,10-11H2,1-2H3,(H,19,20). The molecule has 1 aliphatic carbocycles. The van der Waals surface area contributed by atoms with Crippen LogP contribution in [0.25, 0.3) is 0 Å². The molecule has 2 rings (SSSR count). The largest absolute Gasteiger partial charge is 0.497 e. The molecule has 0 bridgehead atoms. The fourth-order valence-corrected chi connectivity index (χ4v) is 2.81. The normalized spacial score (nSPS) is 15.4. The molecule has 1 aliphatic rings. The van der Waals surface area contributed by atoms with Crippen LogP contribution in [0.3, 0.4) is 0 Å². The van der Waals surface area contributed by atoms with Gasteiger partial charge in [0, 0.05) is 25.1 Å². The van der Waals surface area contributed by atoms with E-state index < -0.39 is 0 Å². The SMILES string of the molecule is COc1ccc(NC(=O)CCNC2CCCCC2)c(OC)c1. The van der Waals surface area contributed by atoms with Crippen LogP contribution in [0.4, 0.5) is 5.69 Å². The van der Waals surface area contributed by atoms with Crippen molar-refractivity contribution in [2.45, 2.75) is 44.6 Å². The van der Waals surface area contributed by atoms with E-state index in [1.165, 1.54) is 32.1 Å². The van der Waals surface area contributed by atoms with Crippen molar-refractivity contribution in [2.75, 3.05) is 26.1 Å². The highest BCUT2D eigenvalue weighted by Crippen LogP contribution is 2.29. The van der Waals surface area contributed by atoms with Gasteiger partial charge in [0.25, 0.3) is 0 Å². The molecule has 0 atom stereocenters. The molecule has 1 saturated carbocycles. The highest BCUT2D eigenvalue weighted by atomic mass is 16.5. The summed E-state index contributed by atoms with van der Waals surface area (Å²) in [5.74, 6) is 1.30. The Labute approximate surface area is 132 Å². The lowest BCUT2D eigenvalue weighted by atomic mass is 9.95. The summed E-state index contributed by atoms with van der Waals surface area (Å²) in [5, 5.41) is 6.36. The summed E-state index contributed by atoms with van der Waals surface area (Å²) < 4.78 is 10.4. The van der Waals surface area contributed by atoms with Crippen LogP contribution in [0.15, 0.2) is 18.2 Å². The van der Waals surface area contributed by atoms with Crippen molar-refractivity contribution < 1.29 is 14.3 Å². The number of rotatable bonds is 7. The number of benzene rings is 1. The van der Waals surface area contributed by atoms with Crippen molar-refractivity contribution >= 4 is 11.6 Å². The monoisotopic (exact) mass is 306 g/mol. The van der Waals surface area contributed by atoms with E-state index in [4.69, 9.17) is 9.47 Å². The predicted octanol–water partition coefficient (Wildman–Crippen LogP) is 2.95. The van der Waals surface area contributed by atoms with E-state index in [0.717, 1.165) is 6.54 Å². The van der Waals surface area contributed by atoms with Gasteiger partial charge < -0.3 is 20.1 Å². The van der Waals surface area contributed by atoms with E-state index in [2.05, 4.69) is 10.6 Å². The molecule has 0 unspecified atom stereocenters. The zero-order chi connectivity index (χ0) is 15.8. The number of amides is 1. The molecule has 1 amide bonds. The number of anilines is 1. The number of hydrogen-bond acceptors (Lipinski definition) is 4. The molecule has 0 spiro atoms. The molecule has 5 nitrogen and oxygen atoms in total. The summed E-state index contributed by atoms with van der Waals surface area (Å²) >= 11 is 0. The molecule has 22 heavy (non-hydrogen) atoms. The minimum absolute atomic E-state index is 0.00761. The molecule has 0 saturated heterocycles. The average molecular weight is 306 g/mol. The minimum atomic E-state index is -0.00761. The third-order valence-electron chi connectivity index (χ3n) is 4.07. The number of nitrogens with one attached hydrogen (secondary N) is 2. The Bertz CT molecular complexity index is 485. The number of carbonyl (C=O) groups is 1. The van der Waals surface area contributed by atoms with Crippen molar-refractivity contribution in [1.82, 2.24) is 5.32 Å². The van der Waals surface area contributed by atoms with Crippen LogP contribution in [0.1, 0.15) is 38.5 Å². The van der Waals surface area contributed by atoms with Gasteiger partial charge in [-0.2, -0.15) is 0 Å². The third kappa shape index (κ3) is 4.91. The zero-order valence-electron chi connectivity index (χ0n) is 13.5. The fourth-order valence-electron chi connectivity index (χ4n) is 2.81. The van der Waals surface area contributed by atoms with E-state index in [1.807, 2.05) is 0 Å². The Morgan fingerprint density at radius 2 is 1.95 bits per heavy atom. The highest BCUT2D eigenvalue weighted by Gasteiger charge is 2.13. The minimum Gasteiger partial charge on any atom is -0.497 e. The van der Waals surface area contributed by atoms with E-state index in [9.17, 15) is 4.79 Å². The Morgan fingerprint density at radius 1 is 1.18 bits per heavy atom. The quantitative estimate of drug-likeness (QED) is 0.813. The van der Waals surface area contributed by atoms with Crippen LogP contribution in [-0.4, -0.2) is 32.7 Å². The van der Waals surface area contributed by atoms with E-state index in [0.29, 0.717) is 29.6 Å². The third-order valence-corrected chi connectivity index (χ3v) is 4.07. The second kappa shape index (κ2) is 8.63. The molecule has 122 valence electrons. The van der Waals surface area contributed by atoms with Gasteiger partial charge in [0.2, 0.25) is 5.91 Å². The lowest BCUT2D eigenvalue weighted by molar-refractivity contribution is -0.116. The van der Waals surface area contributed by atoms with Crippen LogP contribution < -0.4 is 20.1 Å². The first-order valence-corrected chi connectivity index (χ1v) is 7.98. The molecule has 2 N–H and O–H groups in total. The maximum Gasteiger partial charge on any atom is 0.225 e. The molecule has 1 aromatic carbocycles. The molecular weight excluding hydrogens is 280 g/mol. The summed E-state index contributed by atoms with van der Waals surface area (Å²) in [6.07, 6.45) is 6.86. The summed E-state index contributed by atoms with van der Waals surface area (Å²) in [6, 6.07) is 5.94. The number of ether oxygens (including phenoxy) is 2. The molecule has 0 heterocycles. The first-order valence-electron chi connectivity index (χ1n) is 7.98. The van der Waals surface area contributed by atoms with Crippen molar-refractivity contribution in [1.29, 1.82) is 0 Å². The van der Waals surface area contributed by atoms with Gasteiger partial charge in [-0.25, -0.2) is 0 Å². The van der Waals surface area contributed by atoms with Crippen LogP contribution in [0.5, 0.6) is 11.5 Å². The number of methoxy groups -OCH3 is 2. The maximum absolute atomic E-state index is 12.0. The molecule has 0 aliphatic heterocycles. The van der Waals surface area contributed by atoms with Crippen LogP contribution in [-0.2, 0) is 4.79 Å². The predicted molar refractivity (Wildman–Crippen MR) is 87.7 cm³/mol. The number of hydrogen-bond donors (Lipinski definition) is 2. The van der Waals surface area contributed by atoms with Gasteiger partial charge in [0.15, 0.2) is 0 Å². The van der Waals surface area contributed by atoms with Crippen molar-refractivity contribution in [3.8, 4) is 11.5 Å². The zero-order valence-corrected chi connectivity index (χ0v) is 13.5. The Morgan fingerprint density at radius 3 is 2.64 bits per heavy atom. The lowest BCUT2D eigenvalue weighted by Crippen LogP contribution is -2.33. The lowest BCUT2D eigenvalue weighted by Gasteiger charge is -2.22. The summed E-state index contributed by atoms with van der Waals surface area (Å²) in [6.45, 7) is 0.717. The van der Waals surface area contributed by atoms with Gasteiger partial charge >= 0.3 is 0 Å². The molecule has 1 fully saturated rings. The maximum atomic E-state index is 12.0. The van der Waals surface area contributed by atoms with Gasteiger partial charge in [-0.3, -0.25) is 4.79 Å². The first-order chi connectivity index (χ1) is 10.7. The summed E-state index contributed by atoms with van der Waals surface area (Å²) in [7, 11) is 3.18. The summed E-state index contributed by atoms with van der Waals surface area (Å²) in [4.78, 5) is 12.0. The molecule has 0 radical (unpaired) electrons. The van der Waals surface area contributed by atoms with Crippen molar-refractivity contribution in [3.63, 3.8) is 0 Å². The van der Waals surface area contributed by atoms with Crippen molar-refractivity contribution in [3.05, 3.63) is 18.2 Å². The smallest absolute Gasteiger partial charge is 0.225 e. The Balaban J connectivity index is 1.78. The van der Waals surface area contributed by atoms with E-state index in [-0.39, 0.29) is 5.91 Å². The Hall–Kier alpha value is -1.75. The van der Waals surface area contributed by atoms with E-state index >= 15 is 0 Å². The van der Waals surface area contributed by atoms with Gasteiger partial charge in [-0.15, -0.1) is 0 Å². The van der Waals surface area contributed by atoms with Crippen LogP contribution >= 0.6 is 0 Å². The highest BCUT2D eigenvalue weighted by molar-refractivity contribution is 5.92. The van der Waals surface area contributed by atoms with Gasteiger partial charge in [0.05, 0.1) is 19.9 Å². The topological polar surface area (TPSA) is 59.6 Å². The van der Waals surface area contributed by atoms with Gasteiger partial charge in [-0.05, 0) is 25.0 Å². The molecule has 0 aromatic heterocycles. The second-order valence-electron chi connectivity index (χ2n) is 5.65. The van der Waals surface area contributed by atoms with Gasteiger partial charge in [-0.1, -0.05) is 19.3 Å². The van der Waals surface area contributed by atoms with E-state index in [1.54, 1.807) is 32.4 Å². The molecular formula is C17H26N2O3. The fraction of sp³-hybridized carbons (Fsp3) is 0.588. The molecule has 1 aromatic rings. The van der Waals surface area contributed by atoms with Crippen LogP contribution in [0, 0.1) is 0 Å². The average Bonchev–Trinajstić information content (AvgIpc) is 2.56. The first kappa shape index (κ1) is 16.6. The van der Waals surface area contributed by atoms with Crippen molar-refractivity contribution in [2.24, 2.45) is 0 Å². The van der Waals surface area contributed by atoms with Crippen LogP contribution in [0.2, 0.25) is 0 Å². The Kier molecular flexibility index (Phi) is 6.52. The number of carbonyl (C=O) groups excluding carboxylic acids is 1. The van der Waals surface area contributed by atoms with Gasteiger partial charge in [0.1, 0.15) is 11.5 Å². The summed E-state index contributed by atoms with van der Waals surface area (Å²) in [5.41, 5.74) is 0.672. The second-order valence-corrected chi connectivity index (χ2v) is 5.65. The molecule has 5 heteroatoms.